The lowest BCUT2D eigenvalue weighted by Gasteiger charge is -2.12. The van der Waals surface area contributed by atoms with Crippen LogP contribution in [-0.4, -0.2) is 21.9 Å². The van der Waals surface area contributed by atoms with Gasteiger partial charge < -0.3 is 10.6 Å². The second-order valence-electron chi connectivity index (χ2n) is 5.25. The zero-order valence-electron chi connectivity index (χ0n) is 12.8. The van der Waals surface area contributed by atoms with Crippen LogP contribution < -0.4 is 10.6 Å². The topological polar surface area (TPSA) is 66.9 Å². The summed E-state index contributed by atoms with van der Waals surface area (Å²) in [5.74, 6) is 0.990. The summed E-state index contributed by atoms with van der Waals surface area (Å²) in [4.78, 5) is 20.8. The highest BCUT2D eigenvalue weighted by atomic mass is 16.1. The van der Waals surface area contributed by atoms with E-state index >= 15 is 0 Å². The van der Waals surface area contributed by atoms with Crippen molar-refractivity contribution >= 4 is 17.4 Å². The molecular weight excluding hydrogens is 264 g/mol. The average molecular weight is 284 g/mol. The number of benzene rings is 1. The first-order valence-electron chi connectivity index (χ1n) is 6.95. The van der Waals surface area contributed by atoms with Crippen molar-refractivity contribution in [3.63, 3.8) is 0 Å². The van der Waals surface area contributed by atoms with E-state index in [0.717, 1.165) is 11.3 Å². The Morgan fingerprint density at radius 3 is 2.52 bits per heavy atom. The number of aryl methyl sites for hydroxylation is 2. The summed E-state index contributed by atoms with van der Waals surface area (Å²) in [5, 5.41) is 6.06. The number of carbonyl (C=O) groups is 1. The number of anilines is 2. The van der Waals surface area contributed by atoms with Crippen LogP contribution in [0.1, 0.15) is 35.7 Å². The molecular formula is C16H20N4O. The molecule has 0 aliphatic rings. The molecule has 0 aliphatic heterocycles. The quantitative estimate of drug-likeness (QED) is 0.905. The van der Waals surface area contributed by atoms with Crippen molar-refractivity contribution in [3.8, 4) is 0 Å². The van der Waals surface area contributed by atoms with Gasteiger partial charge >= 0.3 is 0 Å². The van der Waals surface area contributed by atoms with Gasteiger partial charge in [-0.25, -0.2) is 9.97 Å². The van der Waals surface area contributed by atoms with Gasteiger partial charge in [-0.2, -0.15) is 0 Å². The van der Waals surface area contributed by atoms with Crippen LogP contribution in [0.15, 0.2) is 30.3 Å². The minimum Gasteiger partial charge on any atom is -0.368 e. The Morgan fingerprint density at radius 2 is 1.86 bits per heavy atom. The Kier molecular flexibility index (Phi) is 4.52. The van der Waals surface area contributed by atoms with Crippen LogP contribution in [0, 0.1) is 13.8 Å². The van der Waals surface area contributed by atoms with Crippen molar-refractivity contribution in [3.05, 3.63) is 47.4 Å². The molecule has 110 valence electrons. The summed E-state index contributed by atoms with van der Waals surface area (Å²) < 4.78 is 0. The Bertz CT molecular complexity index is 652. The van der Waals surface area contributed by atoms with Crippen LogP contribution in [0.25, 0.3) is 0 Å². The van der Waals surface area contributed by atoms with Gasteiger partial charge in [-0.1, -0.05) is 18.2 Å². The van der Waals surface area contributed by atoms with Crippen molar-refractivity contribution < 1.29 is 4.79 Å². The maximum atomic E-state index is 12.3. The predicted molar refractivity (Wildman–Crippen MR) is 84.7 cm³/mol. The minimum absolute atomic E-state index is 0.235. The van der Waals surface area contributed by atoms with Gasteiger partial charge in [-0.15, -0.1) is 0 Å². The number of nitrogens with zero attached hydrogens (tertiary/aromatic N) is 2. The number of carbonyl (C=O) groups excluding carboxylic acids is 1. The first-order valence-corrected chi connectivity index (χ1v) is 6.95. The van der Waals surface area contributed by atoms with Gasteiger partial charge in [0.25, 0.3) is 5.91 Å². The number of amides is 1. The van der Waals surface area contributed by atoms with E-state index < -0.39 is 0 Å². The highest BCUT2D eigenvalue weighted by Crippen LogP contribution is 2.15. The molecule has 0 unspecified atom stereocenters. The highest BCUT2D eigenvalue weighted by Gasteiger charge is 2.12. The Hall–Kier alpha value is -2.43. The third-order valence-electron chi connectivity index (χ3n) is 2.90. The molecule has 1 heterocycles. The van der Waals surface area contributed by atoms with E-state index in [0.29, 0.717) is 17.3 Å². The minimum atomic E-state index is -0.235. The fourth-order valence-corrected chi connectivity index (χ4v) is 1.95. The number of nitrogens with one attached hydrogen (secondary N) is 2. The molecule has 5 heteroatoms. The first-order chi connectivity index (χ1) is 9.95. The van der Waals surface area contributed by atoms with E-state index in [1.165, 1.54) is 0 Å². The monoisotopic (exact) mass is 284 g/mol. The molecule has 0 fully saturated rings. The van der Waals surface area contributed by atoms with E-state index in [1.54, 1.807) is 13.0 Å². The Morgan fingerprint density at radius 1 is 1.14 bits per heavy atom. The largest absolute Gasteiger partial charge is 0.368 e. The molecule has 1 aromatic carbocycles. The number of para-hydroxylation sites is 1. The highest BCUT2D eigenvalue weighted by molar-refractivity contribution is 6.03. The maximum Gasteiger partial charge on any atom is 0.274 e. The molecule has 0 saturated heterocycles. The predicted octanol–water partition coefficient (Wildman–Crippen LogP) is 3.17. The molecule has 21 heavy (non-hydrogen) atoms. The summed E-state index contributed by atoms with van der Waals surface area (Å²) >= 11 is 0. The molecule has 0 saturated carbocycles. The lowest BCUT2D eigenvalue weighted by molar-refractivity contribution is 0.102. The smallest absolute Gasteiger partial charge is 0.274 e. The van der Waals surface area contributed by atoms with Gasteiger partial charge in [-0.3, -0.25) is 4.79 Å². The van der Waals surface area contributed by atoms with Crippen LogP contribution in [0.3, 0.4) is 0 Å². The van der Waals surface area contributed by atoms with Gasteiger partial charge in [-0.05, 0) is 39.3 Å². The summed E-state index contributed by atoms with van der Waals surface area (Å²) in [6, 6.07) is 9.55. The fourth-order valence-electron chi connectivity index (χ4n) is 1.95. The lowest BCUT2D eigenvalue weighted by Crippen LogP contribution is -2.18. The normalized spacial score (nSPS) is 10.5. The van der Waals surface area contributed by atoms with E-state index in [-0.39, 0.29) is 11.9 Å². The van der Waals surface area contributed by atoms with E-state index in [4.69, 9.17) is 0 Å². The molecule has 1 amide bonds. The van der Waals surface area contributed by atoms with Crippen LogP contribution in [-0.2, 0) is 0 Å². The van der Waals surface area contributed by atoms with Crippen molar-refractivity contribution in [1.82, 2.24) is 9.97 Å². The van der Waals surface area contributed by atoms with Crippen LogP contribution in [0.5, 0.6) is 0 Å². The van der Waals surface area contributed by atoms with Gasteiger partial charge in [0.15, 0.2) is 0 Å². The van der Waals surface area contributed by atoms with Crippen molar-refractivity contribution in [2.75, 3.05) is 10.6 Å². The molecule has 0 radical (unpaired) electrons. The van der Waals surface area contributed by atoms with Gasteiger partial charge in [0, 0.05) is 17.8 Å². The van der Waals surface area contributed by atoms with Gasteiger partial charge in [0.1, 0.15) is 17.3 Å². The zero-order valence-corrected chi connectivity index (χ0v) is 12.8. The first kappa shape index (κ1) is 15.0. The standard InChI is InChI=1S/C16H20N4O/c1-10(2)17-15-9-14(18-12(4)19-15)16(21)20-13-8-6-5-7-11(13)3/h5-10H,1-4H3,(H,20,21)(H,17,18,19). The second-order valence-corrected chi connectivity index (χ2v) is 5.25. The number of hydrogen-bond acceptors (Lipinski definition) is 4. The molecule has 1 aromatic heterocycles. The molecule has 2 aromatic rings. The lowest BCUT2D eigenvalue weighted by atomic mass is 10.2. The average Bonchev–Trinajstić information content (AvgIpc) is 2.40. The van der Waals surface area contributed by atoms with Crippen LogP contribution in [0.4, 0.5) is 11.5 Å². The van der Waals surface area contributed by atoms with Crippen LogP contribution >= 0.6 is 0 Å². The number of rotatable bonds is 4. The van der Waals surface area contributed by atoms with Crippen molar-refractivity contribution in [1.29, 1.82) is 0 Å². The zero-order chi connectivity index (χ0) is 15.4. The third-order valence-corrected chi connectivity index (χ3v) is 2.90. The molecule has 0 atom stereocenters. The van der Waals surface area contributed by atoms with E-state index in [2.05, 4.69) is 20.6 Å². The molecule has 0 bridgehead atoms. The molecule has 0 spiro atoms. The fraction of sp³-hybridized carbons (Fsp3) is 0.312. The van der Waals surface area contributed by atoms with Crippen LogP contribution in [0.2, 0.25) is 0 Å². The van der Waals surface area contributed by atoms with E-state index in [9.17, 15) is 4.79 Å². The Balaban J connectivity index is 2.23. The van der Waals surface area contributed by atoms with Gasteiger partial charge in [0.2, 0.25) is 0 Å². The van der Waals surface area contributed by atoms with Crippen molar-refractivity contribution in [2.24, 2.45) is 0 Å². The molecule has 5 nitrogen and oxygen atoms in total. The summed E-state index contributed by atoms with van der Waals surface area (Å²) in [6.07, 6.45) is 0. The maximum absolute atomic E-state index is 12.3. The van der Waals surface area contributed by atoms with Crippen molar-refractivity contribution in [2.45, 2.75) is 33.7 Å². The third kappa shape index (κ3) is 4.02. The number of aromatic nitrogens is 2. The van der Waals surface area contributed by atoms with Gasteiger partial charge in [0.05, 0.1) is 0 Å². The summed E-state index contributed by atoms with van der Waals surface area (Å²) in [5.41, 5.74) is 2.16. The SMILES string of the molecule is Cc1nc(NC(C)C)cc(C(=O)Nc2ccccc2C)n1. The summed E-state index contributed by atoms with van der Waals surface area (Å²) in [6.45, 7) is 7.76. The molecule has 0 aliphatic carbocycles. The molecule has 2 rings (SSSR count). The van der Waals surface area contributed by atoms with E-state index in [1.807, 2.05) is 45.0 Å². The molecule has 2 N–H and O–H groups in total. The second kappa shape index (κ2) is 6.35. The number of hydrogen-bond donors (Lipinski definition) is 2. The summed E-state index contributed by atoms with van der Waals surface area (Å²) in [7, 11) is 0. The Labute approximate surface area is 124 Å².